The number of aliphatic hydroxyl groups excluding tert-OH is 1. The summed E-state index contributed by atoms with van der Waals surface area (Å²) in [6.45, 7) is 4.04. The van der Waals surface area contributed by atoms with Gasteiger partial charge in [-0.2, -0.15) is 0 Å². The molecule has 1 saturated heterocycles. The van der Waals surface area contributed by atoms with Crippen LogP contribution in [-0.2, 0) is 6.61 Å². The number of anilines is 1. The Morgan fingerprint density at radius 1 is 1.21 bits per heavy atom. The lowest BCUT2D eigenvalue weighted by atomic mass is 9.71. The van der Waals surface area contributed by atoms with E-state index in [1.54, 1.807) is 24.3 Å². The number of piperidine rings is 1. The fraction of sp³-hybridized carbons (Fsp3) is 0.500. The molecule has 0 radical (unpaired) electrons. The third kappa shape index (κ3) is 3.36. The summed E-state index contributed by atoms with van der Waals surface area (Å²) in [7, 11) is 0. The quantitative estimate of drug-likeness (QED) is 0.672. The van der Waals surface area contributed by atoms with E-state index >= 15 is 0 Å². The van der Waals surface area contributed by atoms with Gasteiger partial charge >= 0.3 is 0 Å². The maximum atomic E-state index is 10.7. The van der Waals surface area contributed by atoms with Crippen molar-refractivity contribution in [1.82, 2.24) is 4.98 Å². The first kappa shape index (κ1) is 19.8. The molecule has 150 valence electrons. The summed E-state index contributed by atoms with van der Waals surface area (Å²) in [4.78, 5) is 6.81. The molecule has 6 heteroatoms. The highest BCUT2D eigenvalue weighted by Gasteiger charge is 2.42. The second-order valence-electron chi connectivity index (χ2n) is 8.22. The van der Waals surface area contributed by atoms with E-state index in [0.717, 1.165) is 37.5 Å². The molecule has 4 nitrogen and oxygen atoms in total. The number of hydrogen-bond donors (Lipinski definition) is 2. The van der Waals surface area contributed by atoms with Crippen molar-refractivity contribution in [2.75, 3.05) is 18.0 Å². The van der Waals surface area contributed by atoms with Gasteiger partial charge in [-0.1, -0.05) is 55.1 Å². The van der Waals surface area contributed by atoms with Gasteiger partial charge < -0.3 is 15.1 Å². The van der Waals surface area contributed by atoms with E-state index in [-0.39, 0.29) is 12.4 Å². The molecule has 2 aromatic rings. The van der Waals surface area contributed by atoms with Crippen molar-refractivity contribution in [3.63, 3.8) is 0 Å². The molecule has 2 N–H and O–H groups in total. The third-order valence-electron chi connectivity index (χ3n) is 6.87. The van der Waals surface area contributed by atoms with Gasteiger partial charge in [0.25, 0.3) is 0 Å². The summed E-state index contributed by atoms with van der Waals surface area (Å²) in [6.07, 6.45) is 6.30. The zero-order valence-corrected chi connectivity index (χ0v) is 17.6. The second-order valence-corrected chi connectivity index (χ2v) is 9.01. The first-order valence-corrected chi connectivity index (χ1v) is 10.7. The van der Waals surface area contributed by atoms with Gasteiger partial charge in [0.15, 0.2) is 0 Å². The maximum Gasteiger partial charge on any atom is 0.144 e. The molecule has 28 heavy (non-hydrogen) atoms. The van der Waals surface area contributed by atoms with Crippen LogP contribution in [-0.4, -0.2) is 28.3 Å². The van der Waals surface area contributed by atoms with Crippen molar-refractivity contribution in [2.45, 2.75) is 45.6 Å². The molecule has 2 fully saturated rings. The Morgan fingerprint density at radius 2 is 1.96 bits per heavy atom. The Hall–Kier alpha value is -1.49. The third-order valence-corrected chi connectivity index (χ3v) is 7.69. The van der Waals surface area contributed by atoms with E-state index in [0.29, 0.717) is 32.4 Å². The molecule has 2 heterocycles. The molecule has 1 aliphatic carbocycles. The number of benzene rings is 1. The number of aromatic nitrogens is 1. The normalized spacial score (nSPS) is 21.4. The molecule has 1 aromatic heterocycles. The van der Waals surface area contributed by atoms with Gasteiger partial charge in [0, 0.05) is 24.7 Å². The van der Waals surface area contributed by atoms with Crippen molar-refractivity contribution in [3.8, 4) is 17.0 Å². The van der Waals surface area contributed by atoms with Gasteiger partial charge in [-0.25, -0.2) is 4.98 Å². The predicted molar refractivity (Wildman–Crippen MR) is 114 cm³/mol. The smallest absolute Gasteiger partial charge is 0.144 e. The minimum atomic E-state index is -0.196. The molecule has 0 amide bonds. The number of aromatic hydroxyl groups is 1. The highest BCUT2D eigenvalue weighted by Crippen LogP contribution is 2.51. The number of halogens is 2. The standard InChI is InChI=1S/C22H26Cl2N2O2/c1-14-4-3-7-22(14)8-10-26(11-9-22)18-12-19(28)21(25-17(18)13-27)15-5-2-6-16(23)20(15)24/h2,5-6,12,14,27-28H,3-4,7-11,13H2,1H3/t14-/m1/s1. The van der Waals surface area contributed by atoms with Gasteiger partial charge in [-0.05, 0) is 36.7 Å². The van der Waals surface area contributed by atoms with E-state index in [4.69, 9.17) is 23.2 Å². The lowest BCUT2D eigenvalue weighted by Crippen LogP contribution is -2.41. The average Bonchev–Trinajstić information content (AvgIpc) is 3.04. The van der Waals surface area contributed by atoms with Crippen LogP contribution in [0.25, 0.3) is 11.3 Å². The summed E-state index contributed by atoms with van der Waals surface area (Å²) in [6, 6.07) is 6.94. The first-order valence-electron chi connectivity index (χ1n) is 9.98. The van der Waals surface area contributed by atoms with Crippen molar-refractivity contribution < 1.29 is 10.2 Å². The van der Waals surface area contributed by atoms with Gasteiger partial charge in [-0.3, -0.25) is 0 Å². The van der Waals surface area contributed by atoms with Crippen molar-refractivity contribution in [3.05, 3.63) is 40.0 Å². The molecular formula is C22H26Cl2N2O2. The highest BCUT2D eigenvalue weighted by atomic mass is 35.5. The van der Waals surface area contributed by atoms with Crippen LogP contribution in [0.4, 0.5) is 5.69 Å². The lowest BCUT2D eigenvalue weighted by molar-refractivity contribution is 0.161. The van der Waals surface area contributed by atoms with E-state index in [2.05, 4.69) is 16.8 Å². The zero-order valence-electron chi connectivity index (χ0n) is 16.1. The Balaban J connectivity index is 1.64. The number of rotatable bonds is 3. The van der Waals surface area contributed by atoms with Gasteiger partial charge in [0.1, 0.15) is 11.4 Å². The Kier molecular flexibility index (Phi) is 5.47. The number of hydrogen-bond acceptors (Lipinski definition) is 4. The SMILES string of the molecule is C[C@@H]1CCCC12CCN(c1cc(O)c(-c3cccc(Cl)c3Cl)nc1CO)CC2. The Labute approximate surface area is 176 Å². The first-order chi connectivity index (χ1) is 13.4. The fourth-order valence-electron chi connectivity index (χ4n) is 5.05. The molecular weight excluding hydrogens is 395 g/mol. The predicted octanol–water partition coefficient (Wildman–Crippen LogP) is 5.66. The molecule has 1 atom stereocenters. The molecule has 4 rings (SSSR count). The highest BCUT2D eigenvalue weighted by molar-refractivity contribution is 6.43. The molecule has 1 spiro atoms. The van der Waals surface area contributed by atoms with Crippen LogP contribution >= 0.6 is 23.2 Å². The molecule has 1 aromatic carbocycles. The maximum absolute atomic E-state index is 10.7. The summed E-state index contributed by atoms with van der Waals surface area (Å²) >= 11 is 12.4. The van der Waals surface area contributed by atoms with Gasteiger partial charge in [0.2, 0.25) is 0 Å². The molecule has 1 aliphatic heterocycles. The minimum absolute atomic E-state index is 0.0471. The molecule has 1 saturated carbocycles. The monoisotopic (exact) mass is 420 g/mol. The second kappa shape index (κ2) is 7.74. The van der Waals surface area contributed by atoms with E-state index in [1.165, 1.54) is 19.3 Å². The Bertz CT molecular complexity index is 879. The van der Waals surface area contributed by atoms with Crippen molar-refractivity contribution in [2.24, 2.45) is 11.3 Å². The number of nitrogens with zero attached hydrogens (tertiary/aromatic N) is 2. The molecule has 2 aliphatic rings. The van der Waals surface area contributed by atoms with Crippen molar-refractivity contribution >= 4 is 28.9 Å². The topological polar surface area (TPSA) is 56.6 Å². The summed E-state index contributed by atoms with van der Waals surface area (Å²) in [5.41, 5.74) is 2.74. The van der Waals surface area contributed by atoms with E-state index in [1.807, 2.05) is 0 Å². The largest absolute Gasteiger partial charge is 0.506 e. The fourth-order valence-corrected chi connectivity index (χ4v) is 5.44. The van der Waals surface area contributed by atoms with Crippen LogP contribution in [0.15, 0.2) is 24.3 Å². The van der Waals surface area contributed by atoms with Crippen LogP contribution in [0.1, 0.15) is 44.7 Å². The summed E-state index contributed by atoms with van der Waals surface area (Å²) < 4.78 is 0. The zero-order chi connectivity index (χ0) is 19.9. The average molecular weight is 421 g/mol. The van der Waals surface area contributed by atoms with E-state index in [9.17, 15) is 10.2 Å². The van der Waals surface area contributed by atoms with Crippen LogP contribution in [0.5, 0.6) is 5.75 Å². The molecule has 0 bridgehead atoms. The Morgan fingerprint density at radius 3 is 2.61 bits per heavy atom. The number of aliphatic hydroxyl groups is 1. The number of pyridine rings is 1. The van der Waals surface area contributed by atoms with Crippen LogP contribution in [0.3, 0.4) is 0 Å². The van der Waals surface area contributed by atoms with Crippen molar-refractivity contribution in [1.29, 1.82) is 0 Å². The van der Waals surface area contributed by atoms with E-state index < -0.39 is 0 Å². The minimum Gasteiger partial charge on any atom is -0.506 e. The van der Waals surface area contributed by atoms with Gasteiger partial charge in [-0.15, -0.1) is 0 Å². The van der Waals surface area contributed by atoms with Gasteiger partial charge in [0.05, 0.1) is 28.0 Å². The summed E-state index contributed by atoms with van der Waals surface area (Å²) in [5.74, 6) is 0.830. The van der Waals surface area contributed by atoms with Crippen LogP contribution < -0.4 is 4.90 Å². The summed E-state index contributed by atoms with van der Waals surface area (Å²) in [5, 5.41) is 21.4. The van der Waals surface area contributed by atoms with Crippen LogP contribution in [0.2, 0.25) is 10.0 Å². The molecule has 0 unspecified atom stereocenters. The lowest BCUT2D eigenvalue weighted by Gasteiger charge is -2.43. The van der Waals surface area contributed by atoms with Crippen LogP contribution in [0, 0.1) is 11.3 Å².